The molecule has 2 heterocycles. The van der Waals surface area contributed by atoms with Crippen LogP contribution in [0.4, 0.5) is 5.69 Å². The van der Waals surface area contributed by atoms with Crippen molar-refractivity contribution in [1.82, 2.24) is 14.9 Å². The van der Waals surface area contributed by atoms with Crippen LogP contribution in [0.15, 0.2) is 47.6 Å². The number of benzene rings is 2. The maximum Gasteiger partial charge on any atom is 0.254 e. The Bertz CT molecular complexity index is 1180. The molecule has 1 aliphatic heterocycles. The molecule has 0 spiro atoms. The molecule has 0 saturated heterocycles. The van der Waals surface area contributed by atoms with Crippen molar-refractivity contribution < 1.29 is 4.79 Å². The maximum atomic E-state index is 12.7. The van der Waals surface area contributed by atoms with Crippen LogP contribution in [0.3, 0.4) is 0 Å². The molecule has 1 aromatic heterocycles. The second kappa shape index (κ2) is 8.43. The van der Waals surface area contributed by atoms with Crippen molar-refractivity contribution in [2.75, 3.05) is 32.1 Å². The molecule has 6 nitrogen and oxygen atoms in total. The van der Waals surface area contributed by atoms with E-state index in [2.05, 4.69) is 50.0 Å². The largest absolute Gasteiger partial charge is 0.378 e. The van der Waals surface area contributed by atoms with Gasteiger partial charge in [0.15, 0.2) is 0 Å². The highest BCUT2D eigenvalue weighted by atomic mass is 16.2. The van der Waals surface area contributed by atoms with E-state index in [4.69, 9.17) is 0 Å². The monoisotopic (exact) mass is 429 g/mol. The van der Waals surface area contributed by atoms with Crippen LogP contribution in [-0.2, 0) is 17.8 Å². The van der Waals surface area contributed by atoms with Crippen LogP contribution in [-0.4, -0.2) is 48.8 Å². The topological polar surface area (TPSA) is 52.9 Å². The van der Waals surface area contributed by atoms with Gasteiger partial charge in [0, 0.05) is 49.5 Å². The number of amides is 1. The summed E-state index contributed by atoms with van der Waals surface area (Å²) in [6.07, 6.45) is 5.11. The first-order chi connectivity index (χ1) is 15.5. The third-order valence-corrected chi connectivity index (χ3v) is 6.80. The molecule has 1 aliphatic carbocycles. The van der Waals surface area contributed by atoms with Crippen LogP contribution >= 0.6 is 0 Å². The van der Waals surface area contributed by atoms with E-state index in [0.29, 0.717) is 12.6 Å². The Morgan fingerprint density at radius 2 is 2.00 bits per heavy atom. The number of fused-ring (bicyclic) bond motifs is 3. The van der Waals surface area contributed by atoms with Gasteiger partial charge in [-0.3, -0.25) is 9.69 Å². The Morgan fingerprint density at radius 1 is 1.19 bits per heavy atom. The van der Waals surface area contributed by atoms with Crippen LogP contribution in [0, 0.1) is 6.92 Å². The zero-order valence-corrected chi connectivity index (χ0v) is 19.1. The third kappa shape index (κ3) is 3.79. The molecule has 6 heteroatoms. The molecule has 0 radical (unpaired) electrons. The second-order valence-electron chi connectivity index (χ2n) is 9.19. The van der Waals surface area contributed by atoms with Gasteiger partial charge < -0.3 is 9.47 Å². The van der Waals surface area contributed by atoms with Crippen molar-refractivity contribution >= 4 is 28.7 Å². The highest BCUT2D eigenvalue weighted by molar-refractivity contribution is 5.87. The van der Waals surface area contributed by atoms with Gasteiger partial charge in [-0.1, -0.05) is 23.8 Å². The lowest BCUT2D eigenvalue weighted by Crippen LogP contribution is -2.44. The first-order valence-corrected chi connectivity index (χ1v) is 11.5. The van der Waals surface area contributed by atoms with E-state index >= 15 is 0 Å². The molecule has 1 amide bonds. The SMILES string of the molecule is Cc1ccc2c(c1)c1c3n2CCN(CC(=O)NN=Cc2ccc(N(C)C)cc2)C3CCC1. The number of anilines is 1. The first-order valence-electron chi connectivity index (χ1n) is 11.5. The summed E-state index contributed by atoms with van der Waals surface area (Å²) < 4.78 is 2.50. The van der Waals surface area contributed by atoms with E-state index in [1.165, 1.54) is 34.1 Å². The molecule has 0 saturated carbocycles. The van der Waals surface area contributed by atoms with Gasteiger partial charge in [0.1, 0.15) is 0 Å². The average Bonchev–Trinajstić information content (AvgIpc) is 3.10. The summed E-state index contributed by atoms with van der Waals surface area (Å²) >= 11 is 0. The predicted octanol–water partition coefficient (Wildman–Crippen LogP) is 3.86. The van der Waals surface area contributed by atoms with E-state index in [-0.39, 0.29) is 5.91 Å². The van der Waals surface area contributed by atoms with E-state index < -0.39 is 0 Å². The molecular weight excluding hydrogens is 398 g/mol. The lowest BCUT2D eigenvalue weighted by molar-refractivity contribution is -0.123. The minimum absolute atomic E-state index is 0.0568. The standard InChI is InChI=1S/C26H31N5O/c1-18-7-12-23-22(15-18)21-5-4-6-24-26(21)31(23)14-13-30(24)17-25(32)28-27-16-19-8-10-20(11-9-19)29(2)3/h7-12,15-16,24H,4-6,13-14,17H2,1-3H3,(H,28,32). The number of carbonyl (C=O) groups excluding carboxylic acids is 1. The zero-order chi connectivity index (χ0) is 22.2. The minimum atomic E-state index is -0.0568. The normalized spacial score (nSPS) is 18.2. The van der Waals surface area contributed by atoms with E-state index in [0.717, 1.165) is 37.2 Å². The number of nitrogens with one attached hydrogen (secondary N) is 1. The van der Waals surface area contributed by atoms with Crippen LogP contribution in [0.25, 0.3) is 10.9 Å². The summed E-state index contributed by atoms with van der Waals surface area (Å²) in [4.78, 5) is 17.0. The minimum Gasteiger partial charge on any atom is -0.378 e. The summed E-state index contributed by atoms with van der Waals surface area (Å²) in [5, 5.41) is 5.59. The smallest absolute Gasteiger partial charge is 0.254 e. The fourth-order valence-corrected chi connectivity index (χ4v) is 5.24. The number of rotatable bonds is 5. The number of nitrogens with zero attached hydrogens (tertiary/aromatic N) is 4. The molecular formula is C26H31N5O. The molecule has 1 N–H and O–H groups in total. The van der Waals surface area contributed by atoms with Gasteiger partial charge >= 0.3 is 0 Å². The molecule has 0 fully saturated rings. The fraction of sp³-hybridized carbons (Fsp3) is 0.385. The number of aromatic nitrogens is 1. The van der Waals surface area contributed by atoms with Gasteiger partial charge in [-0.25, -0.2) is 5.43 Å². The Kier molecular flexibility index (Phi) is 5.47. The van der Waals surface area contributed by atoms with Gasteiger partial charge in [-0.05, 0) is 61.6 Å². The summed E-state index contributed by atoms with van der Waals surface area (Å²) in [5.41, 5.74) is 10.4. The predicted molar refractivity (Wildman–Crippen MR) is 130 cm³/mol. The molecule has 0 bridgehead atoms. The first kappa shape index (κ1) is 20.8. The summed E-state index contributed by atoms with van der Waals surface area (Å²) in [6.45, 7) is 4.36. The van der Waals surface area contributed by atoms with Crippen molar-refractivity contribution in [3.05, 3.63) is 64.8 Å². The summed E-state index contributed by atoms with van der Waals surface area (Å²) in [7, 11) is 4.03. The average molecular weight is 430 g/mol. The van der Waals surface area contributed by atoms with Crippen molar-refractivity contribution in [2.45, 2.75) is 38.8 Å². The number of aryl methyl sites for hydroxylation is 2. The number of hydrogen-bond donors (Lipinski definition) is 1. The molecule has 5 rings (SSSR count). The number of hydrazone groups is 1. The van der Waals surface area contributed by atoms with Crippen molar-refractivity contribution in [2.24, 2.45) is 5.10 Å². The van der Waals surface area contributed by atoms with Crippen molar-refractivity contribution in [3.63, 3.8) is 0 Å². The fourth-order valence-electron chi connectivity index (χ4n) is 5.24. The molecule has 3 aromatic rings. The zero-order valence-electron chi connectivity index (χ0n) is 19.1. The van der Waals surface area contributed by atoms with Gasteiger partial charge in [0.2, 0.25) is 0 Å². The number of hydrogen-bond acceptors (Lipinski definition) is 4. The second-order valence-corrected chi connectivity index (χ2v) is 9.19. The Labute approximate surface area is 189 Å². The van der Waals surface area contributed by atoms with Crippen LogP contribution in [0.2, 0.25) is 0 Å². The van der Waals surface area contributed by atoms with E-state index in [1.807, 2.05) is 38.4 Å². The lowest BCUT2D eigenvalue weighted by atomic mass is 9.89. The molecule has 166 valence electrons. The van der Waals surface area contributed by atoms with Crippen LogP contribution in [0.5, 0.6) is 0 Å². The van der Waals surface area contributed by atoms with Gasteiger partial charge in [0.05, 0.1) is 18.8 Å². The van der Waals surface area contributed by atoms with Gasteiger partial charge in [0.25, 0.3) is 5.91 Å². The summed E-state index contributed by atoms with van der Waals surface area (Å²) in [5.74, 6) is -0.0568. The summed E-state index contributed by atoms with van der Waals surface area (Å²) in [6, 6.07) is 15.2. The Hall–Kier alpha value is -3.12. The molecule has 1 unspecified atom stereocenters. The van der Waals surface area contributed by atoms with E-state index in [9.17, 15) is 4.79 Å². The van der Waals surface area contributed by atoms with Crippen molar-refractivity contribution in [1.29, 1.82) is 0 Å². The lowest BCUT2D eigenvalue weighted by Gasteiger charge is -2.39. The van der Waals surface area contributed by atoms with Gasteiger partial charge in [-0.2, -0.15) is 5.10 Å². The van der Waals surface area contributed by atoms with Crippen LogP contribution in [0.1, 0.15) is 41.3 Å². The highest BCUT2D eigenvalue weighted by Crippen LogP contribution is 2.42. The van der Waals surface area contributed by atoms with Gasteiger partial charge in [-0.15, -0.1) is 0 Å². The molecule has 1 atom stereocenters. The molecule has 32 heavy (non-hydrogen) atoms. The third-order valence-electron chi connectivity index (χ3n) is 6.80. The Balaban J connectivity index is 1.28. The van der Waals surface area contributed by atoms with Crippen LogP contribution < -0.4 is 10.3 Å². The number of carbonyl (C=O) groups is 1. The highest BCUT2D eigenvalue weighted by Gasteiger charge is 2.35. The van der Waals surface area contributed by atoms with Crippen molar-refractivity contribution in [3.8, 4) is 0 Å². The molecule has 2 aromatic carbocycles. The molecule has 2 aliphatic rings. The Morgan fingerprint density at radius 3 is 2.78 bits per heavy atom. The van der Waals surface area contributed by atoms with E-state index in [1.54, 1.807) is 6.21 Å². The quantitative estimate of drug-likeness (QED) is 0.495. The maximum absolute atomic E-state index is 12.7.